The van der Waals surface area contributed by atoms with E-state index < -0.39 is 0 Å². The quantitative estimate of drug-likeness (QED) is 0.654. The molecule has 2 heteroatoms. The Morgan fingerprint density at radius 3 is 2.29 bits per heavy atom. The lowest BCUT2D eigenvalue weighted by Gasteiger charge is -2.18. The first kappa shape index (κ1) is 13.6. The Morgan fingerprint density at radius 2 is 1.86 bits per heavy atom. The van der Waals surface area contributed by atoms with Crippen LogP contribution in [0.15, 0.2) is 22.4 Å². The molecule has 0 spiro atoms. The lowest BCUT2D eigenvalue weighted by molar-refractivity contribution is 0.138. The summed E-state index contributed by atoms with van der Waals surface area (Å²) in [4.78, 5) is 0. The van der Waals surface area contributed by atoms with Gasteiger partial charge in [0.1, 0.15) is 5.76 Å². The smallest absolute Gasteiger partial charge is 0.115 e. The van der Waals surface area contributed by atoms with Crippen molar-refractivity contribution in [1.29, 1.82) is 0 Å². The third-order valence-corrected chi connectivity index (χ3v) is 2.08. The third-order valence-electron chi connectivity index (χ3n) is 1.76. The molecule has 0 radical (unpaired) electrons. The van der Waals surface area contributed by atoms with Crippen molar-refractivity contribution in [2.45, 2.75) is 53.6 Å². The molecule has 0 aliphatic heterocycles. The van der Waals surface area contributed by atoms with E-state index in [0.717, 1.165) is 23.6 Å². The van der Waals surface area contributed by atoms with Gasteiger partial charge in [-0.3, -0.25) is 0 Å². The number of ether oxygens (including phenoxy) is 1. The van der Waals surface area contributed by atoms with Crippen LogP contribution in [0.4, 0.5) is 0 Å². The van der Waals surface area contributed by atoms with Crippen LogP contribution < -0.4 is 0 Å². The predicted octanol–water partition coefficient (Wildman–Crippen LogP) is 4.63. The topological polar surface area (TPSA) is 9.23 Å². The maximum Gasteiger partial charge on any atom is 0.115 e. The van der Waals surface area contributed by atoms with Crippen molar-refractivity contribution < 1.29 is 4.74 Å². The molecule has 0 aromatic heterocycles. The van der Waals surface area contributed by atoms with E-state index in [4.69, 9.17) is 16.3 Å². The van der Waals surface area contributed by atoms with Crippen molar-refractivity contribution in [1.82, 2.24) is 0 Å². The molecule has 14 heavy (non-hydrogen) atoms. The maximum absolute atomic E-state index is 6.00. The highest BCUT2D eigenvalue weighted by Gasteiger charge is 2.11. The van der Waals surface area contributed by atoms with E-state index in [0.29, 0.717) is 0 Å². The number of hydrogen-bond donors (Lipinski definition) is 0. The van der Waals surface area contributed by atoms with Crippen LogP contribution >= 0.6 is 11.6 Å². The number of halogens is 1. The normalized spacial score (nSPS) is 16.1. The summed E-state index contributed by atoms with van der Waals surface area (Å²) in [6.45, 7) is 10.1. The molecule has 1 rings (SSSR count). The van der Waals surface area contributed by atoms with Gasteiger partial charge in [0.2, 0.25) is 0 Å². The fourth-order valence-corrected chi connectivity index (χ4v) is 1.52. The molecule has 1 nitrogen and oxygen atoms in total. The molecular formula is C12H21ClO. The molecule has 0 fully saturated rings. The number of allylic oxidation sites excluding steroid dienone is 4. The van der Waals surface area contributed by atoms with Crippen LogP contribution in [0.5, 0.6) is 0 Å². The molecule has 0 atom stereocenters. The van der Waals surface area contributed by atoms with E-state index in [2.05, 4.69) is 6.92 Å². The predicted molar refractivity (Wildman–Crippen MR) is 63.4 cm³/mol. The van der Waals surface area contributed by atoms with Gasteiger partial charge in [-0.25, -0.2) is 0 Å². The summed E-state index contributed by atoms with van der Waals surface area (Å²) < 4.78 is 5.55. The van der Waals surface area contributed by atoms with Gasteiger partial charge in [0.25, 0.3) is 0 Å². The van der Waals surface area contributed by atoms with Crippen LogP contribution in [0.2, 0.25) is 0 Å². The molecule has 82 valence electrons. The fraction of sp³-hybridized carbons (Fsp3) is 0.667. The van der Waals surface area contributed by atoms with Crippen LogP contribution in [0, 0.1) is 0 Å². The van der Waals surface area contributed by atoms with E-state index >= 15 is 0 Å². The lowest BCUT2D eigenvalue weighted by Crippen LogP contribution is -2.06. The first-order valence-corrected chi connectivity index (χ1v) is 5.70. The van der Waals surface area contributed by atoms with Crippen molar-refractivity contribution in [3.05, 3.63) is 22.4 Å². The third kappa shape index (κ3) is 4.71. The largest absolute Gasteiger partial charge is 0.494 e. The first-order valence-electron chi connectivity index (χ1n) is 5.32. The van der Waals surface area contributed by atoms with E-state index in [1.54, 1.807) is 0 Å². The second kappa shape index (κ2) is 6.94. The lowest BCUT2D eigenvalue weighted by atomic mass is 10.1. The van der Waals surface area contributed by atoms with Gasteiger partial charge in [-0.15, -0.1) is 0 Å². The minimum absolute atomic E-state index is 0.223. The Hall–Kier alpha value is -0.430. The van der Waals surface area contributed by atoms with Crippen LogP contribution in [0.3, 0.4) is 0 Å². The van der Waals surface area contributed by atoms with Gasteiger partial charge in [0.05, 0.1) is 11.1 Å². The van der Waals surface area contributed by atoms with Gasteiger partial charge in [-0.1, -0.05) is 31.0 Å². The Kier molecular flexibility index (Phi) is 6.73. The standard InChI is InChI=1S/C10H15ClO.C2H6/c1-7(2)12-10-5-4-8(3)6-9(10)11;1-2/h6-7H,4-5H2,1-3H3;1-2H3. The van der Waals surface area contributed by atoms with Gasteiger partial charge in [0.15, 0.2) is 0 Å². The average Bonchev–Trinajstić information content (AvgIpc) is 2.13. The van der Waals surface area contributed by atoms with Crippen molar-refractivity contribution in [3.8, 4) is 0 Å². The van der Waals surface area contributed by atoms with Gasteiger partial charge in [-0.05, 0) is 33.3 Å². The number of rotatable bonds is 2. The highest BCUT2D eigenvalue weighted by Crippen LogP contribution is 2.27. The van der Waals surface area contributed by atoms with Crippen LogP contribution in [0.1, 0.15) is 47.5 Å². The van der Waals surface area contributed by atoms with Crippen molar-refractivity contribution >= 4 is 11.6 Å². The summed E-state index contributed by atoms with van der Waals surface area (Å²) in [6.07, 6.45) is 4.22. The Bertz CT molecular complexity index is 226. The van der Waals surface area contributed by atoms with Crippen molar-refractivity contribution in [2.75, 3.05) is 0 Å². The van der Waals surface area contributed by atoms with Gasteiger partial charge in [0, 0.05) is 6.42 Å². The molecule has 0 heterocycles. The van der Waals surface area contributed by atoms with E-state index in [-0.39, 0.29) is 6.10 Å². The highest BCUT2D eigenvalue weighted by molar-refractivity contribution is 6.31. The van der Waals surface area contributed by atoms with E-state index in [9.17, 15) is 0 Å². The average molecular weight is 217 g/mol. The SMILES string of the molecule is CC.CC1=CC(Cl)=C(OC(C)C)CC1. The summed E-state index contributed by atoms with van der Waals surface area (Å²) in [6, 6.07) is 0. The van der Waals surface area contributed by atoms with Gasteiger partial charge in [-0.2, -0.15) is 0 Å². The molecule has 0 aromatic carbocycles. The zero-order chi connectivity index (χ0) is 11.1. The second-order valence-electron chi connectivity index (χ2n) is 3.43. The molecule has 0 saturated carbocycles. The summed E-state index contributed by atoms with van der Waals surface area (Å²) in [7, 11) is 0. The summed E-state index contributed by atoms with van der Waals surface area (Å²) in [5.74, 6) is 0.942. The summed E-state index contributed by atoms with van der Waals surface area (Å²) >= 11 is 6.00. The van der Waals surface area contributed by atoms with E-state index in [1.807, 2.05) is 33.8 Å². The zero-order valence-electron chi connectivity index (χ0n) is 9.86. The molecule has 0 unspecified atom stereocenters. The molecule has 0 N–H and O–H groups in total. The van der Waals surface area contributed by atoms with Crippen LogP contribution in [0.25, 0.3) is 0 Å². The zero-order valence-corrected chi connectivity index (χ0v) is 10.6. The van der Waals surface area contributed by atoms with E-state index in [1.165, 1.54) is 5.57 Å². The van der Waals surface area contributed by atoms with Gasteiger partial charge < -0.3 is 4.74 Å². The molecule has 0 amide bonds. The maximum atomic E-state index is 6.00. The Morgan fingerprint density at radius 1 is 1.29 bits per heavy atom. The molecule has 1 aliphatic carbocycles. The highest BCUT2D eigenvalue weighted by atomic mass is 35.5. The molecule has 1 aliphatic rings. The summed E-state index contributed by atoms with van der Waals surface area (Å²) in [5.41, 5.74) is 1.33. The molecule has 0 aromatic rings. The monoisotopic (exact) mass is 216 g/mol. The Labute approximate surface area is 92.8 Å². The minimum atomic E-state index is 0.223. The van der Waals surface area contributed by atoms with Gasteiger partial charge >= 0.3 is 0 Å². The van der Waals surface area contributed by atoms with Crippen LogP contribution in [-0.2, 0) is 4.74 Å². The Balaban J connectivity index is 0.000000791. The number of hydrogen-bond acceptors (Lipinski definition) is 1. The van der Waals surface area contributed by atoms with Crippen molar-refractivity contribution in [2.24, 2.45) is 0 Å². The second-order valence-corrected chi connectivity index (χ2v) is 3.84. The fourth-order valence-electron chi connectivity index (χ4n) is 1.20. The first-order chi connectivity index (χ1) is 6.59. The molecule has 0 bridgehead atoms. The van der Waals surface area contributed by atoms with Crippen molar-refractivity contribution in [3.63, 3.8) is 0 Å². The van der Waals surface area contributed by atoms with Crippen LogP contribution in [-0.4, -0.2) is 6.10 Å². The molecule has 0 saturated heterocycles. The molecular weight excluding hydrogens is 196 g/mol. The summed E-state index contributed by atoms with van der Waals surface area (Å²) in [5, 5.41) is 0.771. The minimum Gasteiger partial charge on any atom is -0.494 e.